The molecule has 21 heavy (non-hydrogen) atoms. The van der Waals surface area contributed by atoms with Gasteiger partial charge in [0.2, 0.25) is 5.91 Å². The highest BCUT2D eigenvalue weighted by Gasteiger charge is 2.53. The van der Waals surface area contributed by atoms with Crippen LogP contribution in [0.25, 0.3) is 10.8 Å². The van der Waals surface area contributed by atoms with E-state index in [2.05, 4.69) is 41.0 Å². The van der Waals surface area contributed by atoms with Crippen LogP contribution in [0, 0.1) is 11.8 Å². The lowest BCUT2D eigenvalue weighted by atomic mass is 10.0. The Morgan fingerprint density at radius 3 is 2.57 bits per heavy atom. The van der Waals surface area contributed by atoms with E-state index in [-0.39, 0.29) is 18.3 Å². The zero-order chi connectivity index (χ0) is 13.5. The Labute approximate surface area is 130 Å². The number of hydrogen-bond acceptors (Lipinski definition) is 2. The summed E-state index contributed by atoms with van der Waals surface area (Å²) in [5.41, 5.74) is 1.09. The molecule has 1 saturated heterocycles. The maximum absolute atomic E-state index is 12.1. The number of hydrogen-bond donors (Lipinski definition) is 2. The molecule has 1 aliphatic carbocycles. The average Bonchev–Trinajstić information content (AvgIpc) is 2.89. The molecule has 2 N–H and O–H groups in total. The Kier molecular flexibility index (Phi) is 3.87. The number of amides is 1. The molecule has 1 saturated carbocycles. The van der Waals surface area contributed by atoms with Gasteiger partial charge < -0.3 is 10.6 Å². The molecule has 4 heteroatoms. The van der Waals surface area contributed by atoms with Crippen molar-refractivity contribution in [3.05, 3.63) is 48.0 Å². The lowest BCUT2D eigenvalue weighted by molar-refractivity contribution is -0.120. The fraction of sp³-hybridized carbons (Fsp3) is 0.353. The molecule has 110 valence electrons. The van der Waals surface area contributed by atoms with Crippen molar-refractivity contribution >= 4 is 29.1 Å². The number of halogens is 1. The smallest absolute Gasteiger partial charge is 0.224 e. The average molecular weight is 303 g/mol. The van der Waals surface area contributed by atoms with E-state index >= 15 is 0 Å². The molecule has 0 aromatic heterocycles. The molecule has 1 heterocycles. The molecule has 0 spiro atoms. The van der Waals surface area contributed by atoms with Gasteiger partial charge in [0, 0.05) is 19.1 Å². The first-order valence-electron chi connectivity index (χ1n) is 7.29. The third-order valence-electron chi connectivity index (χ3n) is 4.60. The molecular formula is C17H19ClN2O. The number of benzene rings is 2. The predicted molar refractivity (Wildman–Crippen MR) is 86.7 cm³/mol. The molecule has 2 fully saturated rings. The molecule has 2 aliphatic rings. The number of carbonyl (C=O) groups is 1. The van der Waals surface area contributed by atoms with Crippen LogP contribution in [0.15, 0.2) is 42.5 Å². The van der Waals surface area contributed by atoms with Crippen LogP contribution in [0.4, 0.5) is 0 Å². The van der Waals surface area contributed by atoms with E-state index in [1.807, 2.05) is 12.1 Å². The summed E-state index contributed by atoms with van der Waals surface area (Å²) in [7, 11) is 0. The van der Waals surface area contributed by atoms with E-state index in [0.29, 0.717) is 24.3 Å². The molecule has 2 aromatic rings. The number of nitrogens with one attached hydrogen (secondary N) is 2. The summed E-state index contributed by atoms with van der Waals surface area (Å²) in [5, 5.41) is 8.94. The van der Waals surface area contributed by atoms with Crippen molar-refractivity contribution in [3.63, 3.8) is 0 Å². The van der Waals surface area contributed by atoms with Crippen molar-refractivity contribution in [2.45, 2.75) is 12.5 Å². The Morgan fingerprint density at radius 2 is 1.81 bits per heavy atom. The zero-order valence-corrected chi connectivity index (χ0v) is 12.5. The van der Waals surface area contributed by atoms with Crippen molar-refractivity contribution in [3.8, 4) is 0 Å². The van der Waals surface area contributed by atoms with Crippen LogP contribution in [-0.4, -0.2) is 25.0 Å². The number of piperidine rings is 1. The Morgan fingerprint density at radius 1 is 1.10 bits per heavy atom. The highest BCUT2D eigenvalue weighted by atomic mass is 35.5. The monoisotopic (exact) mass is 302 g/mol. The van der Waals surface area contributed by atoms with Crippen molar-refractivity contribution < 1.29 is 4.79 Å². The van der Waals surface area contributed by atoms with Gasteiger partial charge in [-0.25, -0.2) is 0 Å². The molecule has 2 unspecified atom stereocenters. The summed E-state index contributed by atoms with van der Waals surface area (Å²) < 4.78 is 0. The first kappa shape index (κ1) is 14.4. The van der Waals surface area contributed by atoms with Gasteiger partial charge >= 0.3 is 0 Å². The molecule has 4 rings (SSSR count). The van der Waals surface area contributed by atoms with Gasteiger partial charge in [-0.3, -0.25) is 4.79 Å². The molecule has 3 nitrogen and oxygen atoms in total. The zero-order valence-electron chi connectivity index (χ0n) is 11.7. The highest BCUT2D eigenvalue weighted by Crippen LogP contribution is 2.41. The van der Waals surface area contributed by atoms with Crippen LogP contribution < -0.4 is 10.6 Å². The van der Waals surface area contributed by atoms with Crippen LogP contribution in [0.1, 0.15) is 5.56 Å². The topological polar surface area (TPSA) is 41.1 Å². The maximum atomic E-state index is 12.1. The van der Waals surface area contributed by atoms with Gasteiger partial charge in [0.15, 0.2) is 0 Å². The third-order valence-corrected chi connectivity index (χ3v) is 4.60. The second-order valence-corrected chi connectivity index (χ2v) is 5.94. The van der Waals surface area contributed by atoms with Crippen molar-refractivity contribution in [2.24, 2.45) is 11.8 Å². The number of rotatable bonds is 3. The summed E-state index contributed by atoms with van der Waals surface area (Å²) in [6, 6.07) is 14.9. The van der Waals surface area contributed by atoms with Gasteiger partial charge in [-0.15, -0.1) is 12.4 Å². The first-order valence-corrected chi connectivity index (χ1v) is 7.29. The summed E-state index contributed by atoms with van der Waals surface area (Å²) in [4.78, 5) is 12.1. The summed E-state index contributed by atoms with van der Waals surface area (Å²) >= 11 is 0. The van der Waals surface area contributed by atoms with Gasteiger partial charge in [0.1, 0.15) is 0 Å². The SMILES string of the molecule is Cl.O=C(Cc1ccc2ccccc2c1)NC1C2CNCC21. The fourth-order valence-electron chi connectivity index (χ4n) is 3.40. The van der Waals surface area contributed by atoms with Gasteiger partial charge in [-0.05, 0) is 28.2 Å². The van der Waals surface area contributed by atoms with E-state index in [9.17, 15) is 4.79 Å². The van der Waals surface area contributed by atoms with E-state index in [0.717, 1.165) is 18.7 Å². The largest absolute Gasteiger partial charge is 0.352 e. The van der Waals surface area contributed by atoms with Gasteiger partial charge in [0.25, 0.3) is 0 Å². The van der Waals surface area contributed by atoms with Crippen LogP contribution >= 0.6 is 12.4 Å². The van der Waals surface area contributed by atoms with E-state index in [1.54, 1.807) is 0 Å². The molecule has 1 aliphatic heterocycles. The highest BCUT2D eigenvalue weighted by molar-refractivity contribution is 5.86. The predicted octanol–water partition coefficient (Wildman–Crippen LogP) is 2.14. The fourth-order valence-corrected chi connectivity index (χ4v) is 3.40. The molecule has 1 amide bonds. The van der Waals surface area contributed by atoms with Crippen molar-refractivity contribution in [2.75, 3.05) is 13.1 Å². The summed E-state index contributed by atoms with van der Waals surface area (Å²) in [6.07, 6.45) is 0.480. The number of fused-ring (bicyclic) bond motifs is 2. The van der Waals surface area contributed by atoms with Gasteiger partial charge in [-0.1, -0.05) is 42.5 Å². The summed E-state index contributed by atoms with van der Waals surface area (Å²) in [6.45, 7) is 2.12. The number of carbonyl (C=O) groups excluding carboxylic acids is 1. The molecule has 2 aromatic carbocycles. The van der Waals surface area contributed by atoms with Crippen LogP contribution in [0.5, 0.6) is 0 Å². The van der Waals surface area contributed by atoms with Crippen LogP contribution in [0.3, 0.4) is 0 Å². The lowest BCUT2D eigenvalue weighted by Crippen LogP contribution is -2.33. The van der Waals surface area contributed by atoms with Gasteiger partial charge in [0.05, 0.1) is 6.42 Å². The standard InChI is InChI=1S/C17H18N2O.ClH/c20-16(19-17-14-9-18-10-15(14)17)8-11-5-6-12-3-1-2-4-13(12)7-11;/h1-7,14-15,17-18H,8-10H2,(H,19,20);1H. The van der Waals surface area contributed by atoms with E-state index < -0.39 is 0 Å². The van der Waals surface area contributed by atoms with Crippen LogP contribution in [0.2, 0.25) is 0 Å². The van der Waals surface area contributed by atoms with E-state index in [1.165, 1.54) is 10.8 Å². The normalized spacial score (nSPS) is 26.0. The quantitative estimate of drug-likeness (QED) is 0.912. The maximum Gasteiger partial charge on any atom is 0.224 e. The lowest BCUT2D eigenvalue weighted by Gasteiger charge is -2.08. The Bertz CT molecular complexity index is 663. The minimum atomic E-state index is 0. The molecule has 2 atom stereocenters. The van der Waals surface area contributed by atoms with Crippen LogP contribution in [-0.2, 0) is 11.2 Å². The Balaban J connectivity index is 0.00000132. The first-order chi connectivity index (χ1) is 9.81. The van der Waals surface area contributed by atoms with Crippen molar-refractivity contribution in [1.29, 1.82) is 0 Å². The Hall–Kier alpha value is -1.58. The minimum Gasteiger partial charge on any atom is -0.352 e. The second-order valence-electron chi connectivity index (χ2n) is 5.94. The van der Waals surface area contributed by atoms with Gasteiger partial charge in [-0.2, -0.15) is 0 Å². The van der Waals surface area contributed by atoms with Crippen molar-refractivity contribution in [1.82, 2.24) is 10.6 Å². The second kappa shape index (κ2) is 5.66. The summed E-state index contributed by atoms with van der Waals surface area (Å²) in [5.74, 6) is 1.51. The molecular weight excluding hydrogens is 284 g/mol. The minimum absolute atomic E-state index is 0. The third kappa shape index (κ3) is 2.76. The van der Waals surface area contributed by atoms with E-state index in [4.69, 9.17) is 0 Å². The molecule has 0 radical (unpaired) electrons. The molecule has 0 bridgehead atoms.